The second-order valence-electron chi connectivity index (χ2n) is 8.82. The smallest absolute Gasteiger partial charge is 0.0678 e. The summed E-state index contributed by atoms with van der Waals surface area (Å²) in [6, 6.07) is 8.80. The fourth-order valence-corrected chi connectivity index (χ4v) is 4.36. The van der Waals surface area contributed by atoms with Crippen molar-refractivity contribution in [3.05, 3.63) is 64.7 Å². The molecule has 148 valence electrons. The molecule has 1 aliphatic rings. The van der Waals surface area contributed by atoms with Crippen molar-refractivity contribution >= 4 is 0 Å². The normalized spacial score (nSPS) is 18.2. The molecule has 1 aliphatic carbocycles. The molecule has 5 nitrogen and oxygen atoms in total. The Kier molecular flexibility index (Phi) is 4.88. The number of nitrogens with one attached hydrogen (secondary N) is 1. The molecular formula is C23H31N5. The largest absolute Gasteiger partial charge is 0.306 e. The number of hydrogen-bond acceptors (Lipinski definition) is 3. The molecule has 28 heavy (non-hydrogen) atoms. The second-order valence-corrected chi connectivity index (χ2v) is 8.82. The minimum absolute atomic E-state index is 0.230. The third kappa shape index (κ3) is 3.51. The van der Waals surface area contributed by atoms with Gasteiger partial charge in [-0.3, -0.25) is 4.68 Å². The third-order valence-electron chi connectivity index (χ3n) is 5.93. The Bertz CT molecular complexity index is 979. The van der Waals surface area contributed by atoms with E-state index in [0.29, 0.717) is 6.04 Å². The average molecular weight is 378 g/mol. The summed E-state index contributed by atoms with van der Waals surface area (Å²) in [5.41, 5.74) is 7.72. The van der Waals surface area contributed by atoms with Gasteiger partial charge in [-0.05, 0) is 50.7 Å². The van der Waals surface area contributed by atoms with Crippen LogP contribution in [0.15, 0.2) is 36.7 Å². The lowest BCUT2D eigenvalue weighted by Gasteiger charge is -2.36. The Hall–Kier alpha value is -2.40. The highest BCUT2D eigenvalue weighted by Crippen LogP contribution is 2.41. The Morgan fingerprint density at radius 1 is 1.21 bits per heavy atom. The summed E-state index contributed by atoms with van der Waals surface area (Å²) in [6.45, 7) is 12.8. The van der Waals surface area contributed by atoms with Crippen LogP contribution >= 0.6 is 0 Å². The summed E-state index contributed by atoms with van der Waals surface area (Å²) in [6.07, 6.45) is 6.38. The molecule has 0 unspecified atom stereocenters. The molecule has 0 spiro atoms. The Morgan fingerprint density at radius 3 is 2.71 bits per heavy atom. The quantitative estimate of drug-likeness (QED) is 0.712. The van der Waals surface area contributed by atoms with Gasteiger partial charge in [0.1, 0.15) is 0 Å². The van der Waals surface area contributed by atoms with Crippen molar-refractivity contribution < 1.29 is 0 Å². The van der Waals surface area contributed by atoms with Gasteiger partial charge in [-0.15, -0.1) is 0 Å². The van der Waals surface area contributed by atoms with E-state index in [0.717, 1.165) is 31.6 Å². The van der Waals surface area contributed by atoms with Crippen LogP contribution in [0.5, 0.6) is 0 Å². The molecule has 5 heteroatoms. The summed E-state index contributed by atoms with van der Waals surface area (Å²) in [4.78, 5) is 0. The Balaban J connectivity index is 1.64. The first-order chi connectivity index (χ1) is 13.4. The van der Waals surface area contributed by atoms with Crippen molar-refractivity contribution in [1.82, 2.24) is 24.9 Å². The van der Waals surface area contributed by atoms with Crippen LogP contribution in [0.25, 0.3) is 5.69 Å². The molecule has 1 aromatic carbocycles. The van der Waals surface area contributed by atoms with Crippen molar-refractivity contribution in [3.8, 4) is 5.69 Å². The van der Waals surface area contributed by atoms with Gasteiger partial charge >= 0.3 is 0 Å². The van der Waals surface area contributed by atoms with Gasteiger partial charge in [0.2, 0.25) is 0 Å². The Morgan fingerprint density at radius 2 is 2.00 bits per heavy atom. The van der Waals surface area contributed by atoms with Crippen LogP contribution in [0.1, 0.15) is 61.3 Å². The molecule has 4 rings (SSSR count). The summed E-state index contributed by atoms with van der Waals surface area (Å²) >= 11 is 0. The number of nitrogens with zero attached hydrogens (tertiary/aromatic N) is 4. The second kappa shape index (κ2) is 7.21. The highest BCUT2D eigenvalue weighted by molar-refractivity contribution is 5.43. The zero-order chi connectivity index (χ0) is 19.9. The molecule has 0 radical (unpaired) electrons. The maximum Gasteiger partial charge on any atom is 0.0678 e. The predicted octanol–water partition coefficient (Wildman–Crippen LogP) is 4.51. The summed E-state index contributed by atoms with van der Waals surface area (Å²) < 4.78 is 4.17. The molecule has 1 atom stereocenters. The van der Waals surface area contributed by atoms with Gasteiger partial charge in [0, 0.05) is 42.1 Å². The van der Waals surface area contributed by atoms with E-state index in [1.54, 1.807) is 0 Å². The van der Waals surface area contributed by atoms with E-state index in [-0.39, 0.29) is 5.41 Å². The van der Waals surface area contributed by atoms with Crippen LogP contribution in [-0.2, 0) is 19.5 Å². The first-order valence-corrected chi connectivity index (χ1v) is 10.3. The maximum absolute atomic E-state index is 4.79. The number of aryl methyl sites for hydroxylation is 3. The summed E-state index contributed by atoms with van der Waals surface area (Å²) in [5, 5.41) is 13.2. The highest BCUT2D eigenvalue weighted by atomic mass is 15.3. The number of benzene rings is 1. The van der Waals surface area contributed by atoms with Crippen LogP contribution < -0.4 is 5.32 Å². The number of aromatic nitrogens is 4. The minimum Gasteiger partial charge on any atom is -0.306 e. The van der Waals surface area contributed by atoms with E-state index in [1.807, 2.05) is 4.68 Å². The predicted molar refractivity (Wildman–Crippen MR) is 113 cm³/mol. The SMILES string of the molecule is CCn1cc(CN[C@H]2CC(C)(C)Cc3c2cnn3-c2ccccc2C)c(C)n1. The zero-order valence-electron chi connectivity index (χ0n) is 17.7. The molecule has 0 amide bonds. The van der Waals surface area contributed by atoms with Crippen LogP contribution in [-0.4, -0.2) is 19.6 Å². The van der Waals surface area contributed by atoms with E-state index in [4.69, 9.17) is 5.10 Å². The topological polar surface area (TPSA) is 47.7 Å². The number of rotatable bonds is 5. The maximum atomic E-state index is 4.79. The first-order valence-electron chi connectivity index (χ1n) is 10.3. The summed E-state index contributed by atoms with van der Waals surface area (Å²) in [5.74, 6) is 0. The molecule has 0 saturated carbocycles. The van der Waals surface area contributed by atoms with E-state index < -0.39 is 0 Å². The van der Waals surface area contributed by atoms with Crippen molar-refractivity contribution in [3.63, 3.8) is 0 Å². The van der Waals surface area contributed by atoms with Crippen molar-refractivity contribution in [1.29, 1.82) is 0 Å². The van der Waals surface area contributed by atoms with Gasteiger partial charge in [-0.25, -0.2) is 4.68 Å². The number of para-hydroxylation sites is 1. The van der Waals surface area contributed by atoms with Gasteiger partial charge in [0.05, 0.1) is 17.6 Å². The molecule has 1 N–H and O–H groups in total. The number of fused-ring (bicyclic) bond motifs is 1. The molecule has 0 fully saturated rings. The molecule has 3 aromatic rings. The minimum atomic E-state index is 0.230. The van der Waals surface area contributed by atoms with Crippen molar-refractivity contribution in [2.75, 3.05) is 0 Å². The van der Waals surface area contributed by atoms with Crippen LogP contribution in [0.3, 0.4) is 0 Å². The third-order valence-corrected chi connectivity index (χ3v) is 5.93. The van der Waals surface area contributed by atoms with Gasteiger partial charge < -0.3 is 5.32 Å². The molecule has 2 heterocycles. The van der Waals surface area contributed by atoms with Crippen LogP contribution in [0.2, 0.25) is 0 Å². The number of hydrogen-bond donors (Lipinski definition) is 1. The van der Waals surface area contributed by atoms with Gasteiger partial charge in [0.25, 0.3) is 0 Å². The Labute approximate surface area is 167 Å². The summed E-state index contributed by atoms with van der Waals surface area (Å²) in [7, 11) is 0. The zero-order valence-corrected chi connectivity index (χ0v) is 17.7. The van der Waals surface area contributed by atoms with Crippen molar-refractivity contribution in [2.45, 2.75) is 66.6 Å². The fraction of sp³-hybridized carbons (Fsp3) is 0.478. The first kappa shape index (κ1) is 18.9. The van der Waals surface area contributed by atoms with Gasteiger partial charge in [-0.2, -0.15) is 10.2 Å². The lowest BCUT2D eigenvalue weighted by molar-refractivity contribution is 0.252. The highest BCUT2D eigenvalue weighted by Gasteiger charge is 2.35. The lowest BCUT2D eigenvalue weighted by Crippen LogP contribution is -2.33. The van der Waals surface area contributed by atoms with Crippen LogP contribution in [0, 0.1) is 19.3 Å². The average Bonchev–Trinajstić information content (AvgIpc) is 3.22. The van der Waals surface area contributed by atoms with E-state index in [2.05, 4.69) is 86.4 Å². The fourth-order valence-electron chi connectivity index (χ4n) is 4.36. The molecule has 2 aromatic heterocycles. The monoisotopic (exact) mass is 377 g/mol. The van der Waals surface area contributed by atoms with Gasteiger partial charge in [0.15, 0.2) is 0 Å². The van der Waals surface area contributed by atoms with E-state index in [1.165, 1.54) is 28.1 Å². The molecular weight excluding hydrogens is 346 g/mol. The molecule has 0 saturated heterocycles. The van der Waals surface area contributed by atoms with Crippen LogP contribution in [0.4, 0.5) is 0 Å². The molecule has 0 aliphatic heterocycles. The van der Waals surface area contributed by atoms with E-state index >= 15 is 0 Å². The lowest BCUT2D eigenvalue weighted by atomic mass is 9.74. The standard InChI is InChI=1S/C23H31N5/c1-6-27-15-18(17(3)26-27)13-24-20-11-23(4,5)12-22-19(20)14-25-28(22)21-10-8-7-9-16(21)2/h7-10,14-15,20,24H,6,11-13H2,1-5H3/t20-/m0/s1. The molecule has 0 bridgehead atoms. The van der Waals surface area contributed by atoms with E-state index in [9.17, 15) is 0 Å². The van der Waals surface area contributed by atoms with Crippen molar-refractivity contribution in [2.24, 2.45) is 5.41 Å². The van der Waals surface area contributed by atoms with Gasteiger partial charge in [-0.1, -0.05) is 32.0 Å².